The molecule has 0 radical (unpaired) electrons. The second kappa shape index (κ2) is 7.24. The molecule has 2 atom stereocenters. The average Bonchev–Trinajstić information content (AvgIpc) is 2.71. The van der Waals surface area contributed by atoms with Crippen molar-refractivity contribution in [3.8, 4) is 0 Å². The van der Waals surface area contributed by atoms with Crippen LogP contribution in [0.1, 0.15) is 39.5 Å². The molecule has 0 aliphatic carbocycles. The Morgan fingerprint density at radius 3 is 2.83 bits per heavy atom. The van der Waals surface area contributed by atoms with Crippen LogP contribution in [0.25, 0.3) is 0 Å². The molecule has 0 saturated carbocycles. The Balaban J connectivity index is 2.54. The minimum atomic E-state index is -0.956. The highest BCUT2D eigenvalue weighted by Crippen LogP contribution is 2.38. The van der Waals surface area contributed by atoms with E-state index in [1.165, 1.54) is 0 Å². The predicted molar refractivity (Wildman–Crippen MR) is 71.7 cm³/mol. The zero-order chi connectivity index (χ0) is 13.6. The lowest BCUT2D eigenvalue weighted by Gasteiger charge is -2.19. The summed E-state index contributed by atoms with van der Waals surface area (Å²) in [5.41, 5.74) is -0.956. The standard InChI is InChI=1S/C13H21BrO4/c1-3-5-6-17-9-10-7-13(4-2,11(15)8-14)12(16)18-10/h10H,3-9H2,1-2H3. The first-order valence-electron chi connectivity index (χ1n) is 6.48. The molecule has 18 heavy (non-hydrogen) atoms. The molecule has 1 saturated heterocycles. The van der Waals surface area contributed by atoms with Crippen molar-refractivity contribution in [3.05, 3.63) is 0 Å². The number of ether oxygens (including phenoxy) is 2. The normalized spacial score (nSPS) is 27.3. The van der Waals surface area contributed by atoms with Gasteiger partial charge in [0.1, 0.15) is 11.5 Å². The van der Waals surface area contributed by atoms with E-state index >= 15 is 0 Å². The van der Waals surface area contributed by atoms with Gasteiger partial charge in [0.05, 0.1) is 11.9 Å². The first kappa shape index (κ1) is 15.6. The summed E-state index contributed by atoms with van der Waals surface area (Å²) in [6.45, 7) is 5.01. The molecule has 0 aromatic rings. The lowest BCUT2D eigenvalue weighted by molar-refractivity contribution is -0.153. The van der Waals surface area contributed by atoms with E-state index in [1.807, 2.05) is 6.92 Å². The van der Waals surface area contributed by atoms with Gasteiger partial charge in [-0.1, -0.05) is 36.2 Å². The van der Waals surface area contributed by atoms with Gasteiger partial charge in [0.25, 0.3) is 0 Å². The van der Waals surface area contributed by atoms with Gasteiger partial charge in [0.2, 0.25) is 0 Å². The van der Waals surface area contributed by atoms with E-state index in [1.54, 1.807) is 0 Å². The van der Waals surface area contributed by atoms with E-state index in [0.717, 1.165) is 12.8 Å². The number of esters is 1. The Hall–Kier alpha value is -0.420. The Morgan fingerprint density at radius 2 is 2.28 bits per heavy atom. The molecule has 1 heterocycles. The number of cyclic esters (lactones) is 1. The third-order valence-electron chi connectivity index (χ3n) is 3.45. The highest BCUT2D eigenvalue weighted by atomic mass is 79.9. The molecule has 2 unspecified atom stereocenters. The second-order valence-electron chi connectivity index (χ2n) is 4.65. The summed E-state index contributed by atoms with van der Waals surface area (Å²) in [7, 11) is 0. The number of rotatable bonds is 8. The third-order valence-corrected chi connectivity index (χ3v) is 3.95. The summed E-state index contributed by atoms with van der Waals surface area (Å²) in [6.07, 6.45) is 2.73. The second-order valence-corrected chi connectivity index (χ2v) is 5.21. The van der Waals surface area contributed by atoms with E-state index in [4.69, 9.17) is 9.47 Å². The fourth-order valence-corrected chi connectivity index (χ4v) is 2.71. The van der Waals surface area contributed by atoms with E-state index < -0.39 is 11.4 Å². The summed E-state index contributed by atoms with van der Waals surface area (Å²) in [6, 6.07) is 0. The number of ketones is 1. The van der Waals surface area contributed by atoms with Gasteiger partial charge in [-0.25, -0.2) is 0 Å². The minimum absolute atomic E-state index is 0.0916. The molecule has 104 valence electrons. The van der Waals surface area contributed by atoms with Crippen molar-refractivity contribution in [2.45, 2.75) is 45.6 Å². The summed E-state index contributed by atoms with van der Waals surface area (Å²) in [4.78, 5) is 23.8. The van der Waals surface area contributed by atoms with Crippen molar-refractivity contribution in [2.75, 3.05) is 18.5 Å². The van der Waals surface area contributed by atoms with Gasteiger partial charge >= 0.3 is 5.97 Å². The lowest BCUT2D eigenvalue weighted by atomic mass is 9.79. The number of hydrogen-bond donors (Lipinski definition) is 0. The quantitative estimate of drug-likeness (QED) is 0.298. The Bertz CT molecular complexity index is 305. The minimum Gasteiger partial charge on any atom is -0.459 e. The van der Waals surface area contributed by atoms with Gasteiger partial charge in [0, 0.05) is 13.0 Å². The highest BCUT2D eigenvalue weighted by Gasteiger charge is 2.52. The predicted octanol–water partition coefficient (Wildman–Crippen LogP) is 2.48. The largest absolute Gasteiger partial charge is 0.459 e. The van der Waals surface area contributed by atoms with Crippen molar-refractivity contribution < 1.29 is 19.1 Å². The first-order valence-corrected chi connectivity index (χ1v) is 7.61. The third kappa shape index (κ3) is 3.32. The van der Waals surface area contributed by atoms with Crippen LogP contribution < -0.4 is 0 Å². The number of hydrogen-bond acceptors (Lipinski definition) is 4. The Morgan fingerprint density at radius 1 is 1.56 bits per heavy atom. The van der Waals surface area contributed by atoms with Crippen LogP contribution in [-0.4, -0.2) is 36.4 Å². The van der Waals surface area contributed by atoms with Crippen LogP contribution in [0.15, 0.2) is 0 Å². The van der Waals surface area contributed by atoms with Gasteiger partial charge in [-0.3, -0.25) is 9.59 Å². The highest BCUT2D eigenvalue weighted by molar-refractivity contribution is 9.09. The number of unbranched alkanes of at least 4 members (excludes halogenated alkanes) is 1. The molecule has 0 aromatic heterocycles. The van der Waals surface area contributed by atoms with Crippen LogP contribution in [0.3, 0.4) is 0 Å². The fourth-order valence-electron chi connectivity index (χ4n) is 2.17. The molecule has 0 aromatic carbocycles. The van der Waals surface area contributed by atoms with Crippen LogP contribution >= 0.6 is 15.9 Å². The van der Waals surface area contributed by atoms with E-state index in [-0.39, 0.29) is 17.2 Å². The van der Waals surface area contributed by atoms with Crippen LogP contribution in [0, 0.1) is 5.41 Å². The Labute approximate surface area is 117 Å². The van der Waals surface area contributed by atoms with Gasteiger partial charge in [-0.05, 0) is 12.8 Å². The van der Waals surface area contributed by atoms with Crippen molar-refractivity contribution >= 4 is 27.7 Å². The number of Topliss-reactive ketones (excluding diaryl/α,β-unsaturated/α-hetero) is 1. The number of alkyl halides is 1. The van der Waals surface area contributed by atoms with Crippen LogP contribution in [0.4, 0.5) is 0 Å². The van der Waals surface area contributed by atoms with Crippen molar-refractivity contribution in [3.63, 3.8) is 0 Å². The monoisotopic (exact) mass is 320 g/mol. The summed E-state index contributed by atoms with van der Waals surface area (Å²) < 4.78 is 10.7. The number of carbonyl (C=O) groups excluding carboxylic acids is 2. The van der Waals surface area contributed by atoms with Crippen molar-refractivity contribution in [2.24, 2.45) is 5.41 Å². The fraction of sp³-hybridized carbons (Fsp3) is 0.846. The average molecular weight is 321 g/mol. The molecule has 1 fully saturated rings. The zero-order valence-electron chi connectivity index (χ0n) is 11.0. The van der Waals surface area contributed by atoms with Crippen LogP contribution in [-0.2, 0) is 19.1 Å². The molecule has 0 amide bonds. The number of carbonyl (C=O) groups is 2. The SMILES string of the molecule is CCCCOCC1CC(CC)(C(=O)CBr)C(=O)O1. The molecular weight excluding hydrogens is 300 g/mol. The lowest BCUT2D eigenvalue weighted by Crippen LogP contribution is -2.36. The van der Waals surface area contributed by atoms with Gasteiger partial charge in [-0.15, -0.1) is 0 Å². The molecular formula is C13H21BrO4. The summed E-state index contributed by atoms with van der Waals surface area (Å²) in [5, 5.41) is 0.194. The molecule has 4 nitrogen and oxygen atoms in total. The maximum absolute atomic E-state index is 11.9. The first-order chi connectivity index (χ1) is 8.60. The molecule has 0 N–H and O–H groups in total. The van der Waals surface area contributed by atoms with Gasteiger partial charge < -0.3 is 9.47 Å². The smallest absolute Gasteiger partial charge is 0.320 e. The maximum atomic E-state index is 11.9. The molecule has 1 aliphatic rings. The molecule has 5 heteroatoms. The Kier molecular flexibility index (Phi) is 6.29. The van der Waals surface area contributed by atoms with E-state index in [0.29, 0.717) is 26.1 Å². The van der Waals surface area contributed by atoms with E-state index in [9.17, 15) is 9.59 Å². The zero-order valence-corrected chi connectivity index (χ0v) is 12.6. The summed E-state index contributed by atoms with van der Waals surface area (Å²) >= 11 is 3.13. The molecule has 0 spiro atoms. The van der Waals surface area contributed by atoms with Crippen molar-refractivity contribution in [1.82, 2.24) is 0 Å². The molecule has 0 bridgehead atoms. The van der Waals surface area contributed by atoms with Crippen LogP contribution in [0.5, 0.6) is 0 Å². The summed E-state index contributed by atoms with van der Waals surface area (Å²) in [5.74, 6) is -0.482. The maximum Gasteiger partial charge on any atom is 0.320 e. The topological polar surface area (TPSA) is 52.6 Å². The van der Waals surface area contributed by atoms with E-state index in [2.05, 4.69) is 22.9 Å². The van der Waals surface area contributed by atoms with Gasteiger partial charge in [-0.2, -0.15) is 0 Å². The molecule has 1 aliphatic heterocycles. The van der Waals surface area contributed by atoms with Crippen LogP contribution in [0.2, 0.25) is 0 Å². The van der Waals surface area contributed by atoms with Crippen molar-refractivity contribution in [1.29, 1.82) is 0 Å². The number of halogens is 1. The molecule has 1 rings (SSSR count). The van der Waals surface area contributed by atoms with Gasteiger partial charge in [0.15, 0.2) is 5.78 Å².